The van der Waals surface area contributed by atoms with Crippen LogP contribution in [0.5, 0.6) is 5.75 Å². The summed E-state index contributed by atoms with van der Waals surface area (Å²) < 4.78 is 5.10. The Labute approximate surface area is 165 Å². The number of carbonyl (C=O) groups is 2. The summed E-state index contributed by atoms with van der Waals surface area (Å²) in [5, 5.41) is 12.1. The molecule has 0 radical (unpaired) electrons. The van der Waals surface area contributed by atoms with Gasteiger partial charge in [-0.05, 0) is 67.5 Å². The number of esters is 1. The first kappa shape index (κ1) is 19.7. The largest absolute Gasteiger partial charge is 0.508 e. The summed E-state index contributed by atoms with van der Waals surface area (Å²) in [5.74, 6) is -0.606. The highest BCUT2D eigenvalue weighted by Crippen LogP contribution is 2.22. The highest BCUT2D eigenvalue weighted by Gasteiger charge is 2.11. The number of amides is 1. The molecule has 5 heteroatoms. The molecule has 1 aliphatic rings. The Morgan fingerprint density at radius 3 is 2.29 bits per heavy atom. The number of benzene rings is 2. The molecular formula is C23H25NO4. The molecule has 146 valence electrons. The SMILES string of the molecule is O=C(COC(=O)c1ccc(-c2ccc(O)cc2)cc1)NCCC1=CCCCC1. The topological polar surface area (TPSA) is 75.6 Å². The lowest BCUT2D eigenvalue weighted by atomic mass is 9.97. The van der Waals surface area contributed by atoms with E-state index in [1.165, 1.54) is 18.4 Å². The molecule has 2 aromatic rings. The smallest absolute Gasteiger partial charge is 0.338 e. The molecule has 0 atom stereocenters. The maximum absolute atomic E-state index is 12.1. The molecule has 28 heavy (non-hydrogen) atoms. The highest BCUT2D eigenvalue weighted by molar-refractivity contribution is 5.91. The molecular weight excluding hydrogens is 354 g/mol. The standard InChI is InChI=1S/C23H25NO4/c25-21-12-10-19(11-13-21)18-6-8-20(9-7-18)23(27)28-16-22(26)24-15-14-17-4-2-1-3-5-17/h4,6-13,25H,1-3,5,14-16H2,(H,24,26). The van der Waals surface area contributed by atoms with Crippen molar-refractivity contribution in [1.82, 2.24) is 5.32 Å². The molecule has 3 rings (SSSR count). The zero-order chi connectivity index (χ0) is 19.8. The fourth-order valence-electron chi connectivity index (χ4n) is 3.21. The first-order valence-corrected chi connectivity index (χ1v) is 9.63. The third-order valence-corrected chi connectivity index (χ3v) is 4.81. The molecule has 0 bridgehead atoms. The van der Waals surface area contributed by atoms with Gasteiger partial charge in [0.25, 0.3) is 5.91 Å². The van der Waals surface area contributed by atoms with E-state index in [0.717, 1.165) is 30.4 Å². The van der Waals surface area contributed by atoms with E-state index in [-0.39, 0.29) is 18.3 Å². The van der Waals surface area contributed by atoms with Crippen molar-refractivity contribution in [3.8, 4) is 16.9 Å². The van der Waals surface area contributed by atoms with Crippen molar-refractivity contribution in [2.75, 3.05) is 13.2 Å². The highest BCUT2D eigenvalue weighted by atomic mass is 16.5. The van der Waals surface area contributed by atoms with Crippen molar-refractivity contribution >= 4 is 11.9 Å². The van der Waals surface area contributed by atoms with Crippen LogP contribution in [0.25, 0.3) is 11.1 Å². The molecule has 0 saturated carbocycles. The fraction of sp³-hybridized carbons (Fsp3) is 0.304. The molecule has 0 spiro atoms. The zero-order valence-corrected chi connectivity index (χ0v) is 15.8. The number of hydrogen-bond acceptors (Lipinski definition) is 4. The first-order chi connectivity index (χ1) is 13.6. The lowest BCUT2D eigenvalue weighted by Crippen LogP contribution is -2.29. The Bertz CT molecular complexity index is 838. The lowest BCUT2D eigenvalue weighted by molar-refractivity contribution is -0.124. The quantitative estimate of drug-likeness (QED) is 0.558. The molecule has 0 aromatic heterocycles. The van der Waals surface area contributed by atoms with Crippen LogP contribution in [0.2, 0.25) is 0 Å². The summed E-state index contributed by atoms with van der Waals surface area (Å²) in [6, 6.07) is 13.8. The number of ether oxygens (including phenoxy) is 1. The summed E-state index contributed by atoms with van der Waals surface area (Å²) in [6.07, 6.45) is 7.85. The average molecular weight is 379 g/mol. The summed E-state index contributed by atoms with van der Waals surface area (Å²) in [7, 11) is 0. The summed E-state index contributed by atoms with van der Waals surface area (Å²) in [6.45, 7) is 0.293. The minimum atomic E-state index is -0.526. The van der Waals surface area contributed by atoms with E-state index in [0.29, 0.717) is 12.1 Å². The predicted octanol–water partition coefficient (Wildman–Crippen LogP) is 4.22. The van der Waals surface area contributed by atoms with Crippen molar-refractivity contribution in [2.45, 2.75) is 32.1 Å². The van der Waals surface area contributed by atoms with Crippen LogP contribution in [0.15, 0.2) is 60.2 Å². The van der Waals surface area contributed by atoms with Gasteiger partial charge in [0.15, 0.2) is 6.61 Å². The van der Waals surface area contributed by atoms with E-state index < -0.39 is 5.97 Å². The monoisotopic (exact) mass is 379 g/mol. The van der Waals surface area contributed by atoms with Gasteiger partial charge in [-0.25, -0.2) is 4.79 Å². The van der Waals surface area contributed by atoms with Crippen LogP contribution in [0.1, 0.15) is 42.5 Å². The summed E-state index contributed by atoms with van der Waals surface area (Å²) in [4.78, 5) is 24.0. The van der Waals surface area contributed by atoms with Crippen molar-refractivity contribution in [2.24, 2.45) is 0 Å². The summed E-state index contributed by atoms with van der Waals surface area (Å²) >= 11 is 0. The van der Waals surface area contributed by atoms with Crippen LogP contribution in [0.3, 0.4) is 0 Å². The predicted molar refractivity (Wildman–Crippen MR) is 108 cm³/mol. The molecule has 5 nitrogen and oxygen atoms in total. The average Bonchev–Trinajstić information content (AvgIpc) is 2.73. The van der Waals surface area contributed by atoms with Crippen molar-refractivity contribution in [3.05, 3.63) is 65.7 Å². The van der Waals surface area contributed by atoms with Gasteiger partial charge >= 0.3 is 5.97 Å². The summed E-state index contributed by atoms with van der Waals surface area (Å²) in [5.41, 5.74) is 3.65. The number of nitrogens with one attached hydrogen (secondary N) is 1. The van der Waals surface area contributed by atoms with Gasteiger partial charge in [-0.1, -0.05) is 35.9 Å². The number of phenols is 1. The number of allylic oxidation sites excluding steroid dienone is 1. The molecule has 1 aliphatic carbocycles. The van der Waals surface area contributed by atoms with Gasteiger partial charge in [0.1, 0.15) is 5.75 Å². The fourth-order valence-corrected chi connectivity index (χ4v) is 3.21. The Morgan fingerprint density at radius 1 is 0.964 bits per heavy atom. The second-order valence-corrected chi connectivity index (χ2v) is 6.91. The maximum Gasteiger partial charge on any atom is 0.338 e. The van der Waals surface area contributed by atoms with Gasteiger partial charge < -0.3 is 15.2 Å². The first-order valence-electron chi connectivity index (χ1n) is 9.63. The number of aromatic hydroxyl groups is 1. The van der Waals surface area contributed by atoms with Crippen LogP contribution >= 0.6 is 0 Å². The van der Waals surface area contributed by atoms with Gasteiger partial charge in [0, 0.05) is 6.54 Å². The van der Waals surface area contributed by atoms with Crippen LogP contribution in [0, 0.1) is 0 Å². The normalized spacial score (nSPS) is 13.5. The van der Waals surface area contributed by atoms with E-state index in [1.54, 1.807) is 48.5 Å². The van der Waals surface area contributed by atoms with E-state index in [1.807, 2.05) is 0 Å². The third-order valence-electron chi connectivity index (χ3n) is 4.81. The second kappa shape index (κ2) is 9.74. The number of carbonyl (C=O) groups excluding carboxylic acids is 2. The van der Waals surface area contributed by atoms with E-state index in [4.69, 9.17) is 4.74 Å². The lowest BCUT2D eigenvalue weighted by Gasteiger charge is -2.13. The molecule has 0 saturated heterocycles. The molecule has 0 heterocycles. The van der Waals surface area contributed by atoms with E-state index in [2.05, 4.69) is 11.4 Å². The molecule has 0 unspecified atom stereocenters. The van der Waals surface area contributed by atoms with Crippen molar-refractivity contribution in [3.63, 3.8) is 0 Å². The van der Waals surface area contributed by atoms with Crippen molar-refractivity contribution < 1.29 is 19.4 Å². The molecule has 2 N–H and O–H groups in total. The van der Waals surface area contributed by atoms with Gasteiger partial charge in [0.2, 0.25) is 0 Å². The minimum absolute atomic E-state index is 0.206. The molecule has 2 aromatic carbocycles. The third kappa shape index (κ3) is 5.71. The zero-order valence-electron chi connectivity index (χ0n) is 15.8. The Morgan fingerprint density at radius 2 is 1.64 bits per heavy atom. The van der Waals surface area contributed by atoms with Crippen LogP contribution in [-0.4, -0.2) is 30.1 Å². The van der Waals surface area contributed by atoms with Gasteiger partial charge in [-0.15, -0.1) is 0 Å². The van der Waals surface area contributed by atoms with E-state index >= 15 is 0 Å². The van der Waals surface area contributed by atoms with Crippen LogP contribution in [-0.2, 0) is 9.53 Å². The number of hydrogen-bond donors (Lipinski definition) is 2. The minimum Gasteiger partial charge on any atom is -0.508 e. The maximum atomic E-state index is 12.1. The molecule has 0 aliphatic heterocycles. The van der Waals surface area contributed by atoms with Crippen molar-refractivity contribution in [1.29, 1.82) is 0 Å². The molecule has 1 amide bonds. The molecule has 0 fully saturated rings. The van der Waals surface area contributed by atoms with E-state index in [9.17, 15) is 14.7 Å². The van der Waals surface area contributed by atoms with Gasteiger partial charge in [-0.3, -0.25) is 4.79 Å². The number of phenolic OH excluding ortho intramolecular Hbond substituents is 1. The van der Waals surface area contributed by atoms with Gasteiger partial charge in [0.05, 0.1) is 5.56 Å². The Hall–Kier alpha value is -3.08. The van der Waals surface area contributed by atoms with Gasteiger partial charge in [-0.2, -0.15) is 0 Å². The Balaban J connectivity index is 1.43. The van der Waals surface area contributed by atoms with Crippen LogP contribution < -0.4 is 5.32 Å². The Kier molecular flexibility index (Phi) is 6.84. The second-order valence-electron chi connectivity index (χ2n) is 6.91. The van der Waals surface area contributed by atoms with Crippen LogP contribution in [0.4, 0.5) is 0 Å². The number of rotatable bonds is 7.